The number of benzene rings is 2. The quantitative estimate of drug-likeness (QED) is 0.564. The first-order valence-electron chi connectivity index (χ1n) is 5.55. The molecule has 20 heavy (non-hydrogen) atoms. The van der Waals surface area contributed by atoms with Crippen molar-refractivity contribution in [2.75, 3.05) is 6.26 Å². The molecule has 0 radical (unpaired) electrons. The fraction of sp³-hybridized carbons (Fsp3) is 0.0769. The van der Waals surface area contributed by atoms with Gasteiger partial charge in [0.2, 0.25) is 0 Å². The fourth-order valence-corrected chi connectivity index (χ4v) is 7.39. The van der Waals surface area contributed by atoms with Crippen molar-refractivity contribution in [1.82, 2.24) is 0 Å². The van der Waals surface area contributed by atoms with E-state index in [1.54, 1.807) is 42.7 Å². The molecule has 0 amide bonds. The summed E-state index contributed by atoms with van der Waals surface area (Å²) < 4.78 is 0.685. The van der Waals surface area contributed by atoms with E-state index < -0.39 is 16.6 Å². The standard InChI is InChI=1S/C13H12BrCl2O2PS/c1-20(13-8-11(15)10(14)7-12(13)16)19(17,18)9-5-3-2-4-6-9/h2-8,17-18H,1H3. The highest BCUT2D eigenvalue weighted by atomic mass is 79.9. The molecule has 0 saturated carbocycles. The largest absolute Gasteiger partial charge is 0.345 e. The molecule has 0 aromatic heterocycles. The van der Waals surface area contributed by atoms with Gasteiger partial charge in [0, 0.05) is 14.7 Å². The summed E-state index contributed by atoms with van der Waals surface area (Å²) in [6.45, 7) is -3.30. The number of rotatable bonds is 2. The van der Waals surface area contributed by atoms with E-state index in [4.69, 9.17) is 23.2 Å². The average Bonchev–Trinajstić information content (AvgIpc) is 2.43. The molecule has 0 spiro atoms. The molecule has 1 unspecified atom stereocenters. The summed E-state index contributed by atoms with van der Waals surface area (Å²) in [6, 6.07) is 12.2. The van der Waals surface area contributed by atoms with E-state index in [9.17, 15) is 9.79 Å². The first-order valence-corrected chi connectivity index (χ1v) is 11.0. The van der Waals surface area contributed by atoms with Gasteiger partial charge in [0.1, 0.15) is 0 Å². The van der Waals surface area contributed by atoms with Crippen molar-refractivity contribution >= 4 is 61.0 Å². The fourth-order valence-electron chi connectivity index (χ4n) is 1.65. The highest BCUT2D eigenvalue weighted by Crippen LogP contribution is 2.45. The Morgan fingerprint density at radius 3 is 2.25 bits per heavy atom. The molecule has 0 aliphatic heterocycles. The lowest BCUT2D eigenvalue weighted by Crippen LogP contribution is -2.08. The molecule has 2 rings (SSSR count). The first kappa shape index (κ1) is 16.6. The van der Waals surface area contributed by atoms with E-state index in [1.807, 2.05) is 6.07 Å². The van der Waals surface area contributed by atoms with Crippen LogP contribution in [0, 0.1) is 0 Å². The van der Waals surface area contributed by atoms with Crippen LogP contribution in [0.5, 0.6) is 0 Å². The van der Waals surface area contributed by atoms with Crippen LogP contribution in [0.2, 0.25) is 10.0 Å². The Bertz CT molecular complexity index is 701. The molecule has 0 saturated heterocycles. The molecule has 0 aliphatic carbocycles. The smallest absolute Gasteiger partial charge is 0.178 e. The van der Waals surface area contributed by atoms with Gasteiger partial charge in [-0.05, 0) is 46.5 Å². The van der Waals surface area contributed by atoms with Crippen LogP contribution in [0.4, 0.5) is 0 Å². The van der Waals surface area contributed by atoms with Gasteiger partial charge in [-0.25, -0.2) is 0 Å². The predicted octanol–water partition coefficient (Wildman–Crippen LogP) is 4.44. The summed E-state index contributed by atoms with van der Waals surface area (Å²) in [7, 11) is -0.840. The van der Waals surface area contributed by atoms with Crippen molar-refractivity contribution in [3.8, 4) is 0 Å². The van der Waals surface area contributed by atoms with Crippen molar-refractivity contribution in [3.63, 3.8) is 0 Å². The van der Waals surface area contributed by atoms with E-state index in [1.165, 1.54) is 0 Å². The molecule has 2 aromatic rings. The Labute approximate surface area is 138 Å². The van der Waals surface area contributed by atoms with Crippen molar-refractivity contribution < 1.29 is 9.79 Å². The van der Waals surface area contributed by atoms with Gasteiger partial charge in [0.05, 0.1) is 10.0 Å². The minimum atomic E-state index is -3.30. The Balaban J connectivity index is 2.68. The maximum absolute atomic E-state index is 10.6. The first-order chi connectivity index (χ1) is 9.34. The van der Waals surface area contributed by atoms with Gasteiger partial charge in [-0.1, -0.05) is 41.4 Å². The van der Waals surface area contributed by atoms with E-state index in [0.29, 0.717) is 24.7 Å². The molecule has 0 bridgehead atoms. The maximum atomic E-state index is 10.6. The summed E-state index contributed by atoms with van der Waals surface area (Å²) in [4.78, 5) is 21.8. The second-order valence-electron chi connectivity index (χ2n) is 4.05. The highest BCUT2D eigenvalue weighted by Gasteiger charge is 2.19. The minimum absolute atomic E-state index is 0.468. The van der Waals surface area contributed by atoms with Gasteiger partial charge in [-0.3, -0.25) is 0 Å². The second kappa shape index (κ2) is 6.53. The number of halogens is 3. The van der Waals surface area contributed by atoms with Crippen molar-refractivity contribution in [2.24, 2.45) is 0 Å². The zero-order valence-electron chi connectivity index (χ0n) is 10.4. The summed E-state index contributed by atoms with van der Waals surface area (Å²) in [5, 5.41) is 1.49. The van der Waals surface area contributed by atoms with Crippen LogP contribution in [-0.4, -0.2) is 16.0 Å². The topological polar surface area (TPSA) is 40.5 Å². The third-order valence-electron chi connectivity index (χ3n) is 2.77. The third-order valence-corrected chi connectivity index (χ3v) is 10.6. The number of hydrogen-bond acceptors (Lipinski definition) is 0. The minimum Gasteiger partial charge on any atom is -0.345 e. The molecular formula is C13H12BrCl2O2PS. The zero-order chi connectivity index (χ0) is 14.9. The molecular weight excluding hydrogens is 402 g/mol. The van der Waals surface area contributed by atoms with E-state index in [0.717, 1.165) is 0 Å². The highest BCUT2D eigenvalue weighted by molar-refractivity contribution is 9.10. The van der Waals surface area contributed by atoms with Crippen LogP contribution < -0.4 is 5.30 Å². The Morgan fingerprint density at radius 2 is 1.65 bits per heavy atom. The summed E-state index contributed by atoms with van der Waals surface area (Å²) in [6.07, 6.45) is 1.77. The van der Waals surface area contributed by atoms with Crippen LogP contribution in [0.25, 0.3) is 0 Å². The van der Waals surface area contributed by atoms with Crippen molar-refractivity contribution in [3.05, 3.63) is 57.0 Å². The normalized spacial score (nSPS) is 13.3. The SMILES string of the molecule is CS(c1cc(Cl)c(Br)cc1Cl)=P(O)(O)c1ccccc1. The lowest BCUT2D eigenvalue weighted by molar-refractivity contribution is 0.492. The molecule has 1 atom stereocenters. The van der Waals surface area contributed by atoms with Crippen molar-refractivity contribution in [1.29, 1.82) is 0 Å². The van der Waals surface area contributed by atoms with Crippen LogP contribution in [0.15, 0.2) is 51.8 Å². The Hall–Kier alpha value is 0.200. The van der Waals surface area contributed by atoms with Gasteiger partial charge in [-0.2, -0.15) is 0 Å². The van der Waals surface area contributed by atoms with E-state index in [-0.39, 0.29) is 0 Å². The van der Waals surface area contributed by atoms with Gasteiger partial charge >= 0.3 is 0 Å². The molecule has 2 nitrogen and oxygen atoms in total. The zero-order valence-corrected chi connectivity index (χ0v) is 15.2. The Kier molecular flexibility index (Phi) is 5.41. The van der Waals surface area contributed by atoms with Crippen LogP contribution in [-0.2, 0) is 10.1 Å². The summed E-state index contributed by atoms with van der Waals surface area (Å²) >= 11 is 15.6. The molecule has 0 aliphatic rings. The third kappa shape index (κ3) is 3.33. The molecule has 2 N–H and O–H groups in total. The van der Waals surface area contributed by atoms with Gasteiger partial charge in [0.25, 0.3) is 0 Å². The summed E-state index contributed by atoms with van der Waals surface area (Å²) in [5.41, 5.74) is 0. The van der Waals surface area contributed by atoms with Gasteiger partial charge in [-0.15, -0.1) is 10.1 Å². The molecule has 108 valence electrons. The molecule has 0 heterocycles. The Morgan fingerprint density at radius 1 is 1.05 bits per heavy atom. The van der Waals surface area contributed by atoms with Crippen LogP contribution in [0.3, 0.4) is 0 Å². The van der Waals surface area contributed by atoms with Gasteiger partial charge < -0.3 is 9.79 Å². The van der Waals surface area contributed by atoms with Crippen LogP contribution >= 0.6 is 45.6 Å². The lowest BCUT2D eigenvalue weighted by atomic mass is 10.4. The number of hydrogen-bond donors (Lipinski definition) is 2. The monoisotopic (exact) mass is 412 g/mol. The summed E-state index contributed by atoms with van der Waals surface area (Å²) in [5.74, 6) is 0. The van der Waals surface area contributed by atoms with E-state index >= 15 is 0 Å². The lowest BCUT2D eigenvalue weighted by Gasteiger charge is -2.19. The second-order valence-corrected chi connectivity index (χ2v) is 11.9. The maximum Gasteiger partial charge on any atom is 0.178 e. The van der Waals surface area contributed by atoms with E-state index in [2.05, 4.69) is 15.9 Å². The average molecular weight is 414 g/mol. The van der Waals surface area contributed by atoms with Crippen LogP contribution in [0.1, 0.15) is 0 Å². The molecule has 0 fully saturated rings. The molecule has 2 aromatic carbocycles. The molecule has 7 heteroatoms. The van der Waals surface area contributed by atoms with Crippen molar-refractivity contribution in [2.45, 2.75) is 4.90 Å². The predicted molar refractivity (Wildman–Crippen MR) is 93.2 cm³/mol. The van der Waals surface area contributed by atoms with Gasteiger partial charge in [0.15, 0.2) is 6.49 Å².